The van der Waals surface area contributed by atoms with E-state index in [1.54, 1.807) is 12.4 Å². The lowest BCUT2D eigenvalue weighted by Gasteiger charge is -2.44. The van der Waals surface area contributed by atoms with Crippen LogP contribution in [0.25, 0.3) is 21.3 Å². The molecule has 1 unspecified atom stereocenters. The third-order valence-electron chi connectivity index (χ3n) is 7.90. The van der Waals surface area contributed by atoms with Crippen molar-refractivity contribution in [3.05, 3.63) is 36.4 Å². The van der Waals surface area contributed by atoms with Gasteiger partial charge in [0.25, 0.3) is 0 Å². The highest BCUT2D eigenvalue weighted by Gasteiger charge is 2.39. The van der Waals surface area contributed by atoms with Gasteiger partial charge >= 0.3 is 0 Å². The number of hydrogen-bond donors (Lipinski definition) is 2. The molecule has 3 aromatic rings. The summed E-state index contributed by atoms with van der Waals surface area (Å²) < 4.78 is 20.5. The maximum Gasteiger partial charge on any atom is 0.229 e. The topological polar surface area (TPSA) is 100 Å². The normalized spacial score (nSPS) is 28.3. The lowest BCUT2D eigenvalue weighted by atomic mass is 9.78. The standard InChI is InChI=1S/C27H32FN5O3S/c28-19-3-2-8-33(14-19)20-9-17(10-20)26(35)32-27-31-21-7-6-16(11-24(21)37-27)18-12-29-25(30-13-18)15-36-23-5-1-4-22(23)34/h6-7,11-13,17,19-20,22-23,34H,1-5,8-10,14-15H2,(H,31,32,35)/t17?,19-,20?,22+,23?/m1/s1. The van der Waals surface area contributed by atoms with E-state index in [1.807, 2.05) is 18.2 Å². The van der Waals surface area contributed by atoms with E-state index in [2.05, 4.69) is 25.2 Å². The second-order valence-electron chi connectivity index (χ2n) is 10.5. The van der Waals surface area contributed by atoms with Crippen molar-refractivity contribution in [3.63, 3.8) is 0 Å². The molecule has 2 aliphatic carbocycles. The third-order valence-corrected chi connectivity index (χ3v) is 8.83. The number of likely N-dealkylation sites (tertiary alicyclic amines) is 1. The van der Waals surface area contributed by atoms with Crippen molar-refractivity contribution in [2.45, 2.75) is 76.0 Å². The molecule has 2 N–H and O–H groups in total. The predicted molar refractivity (Wildman–Crippen MR) is 140 cm³/mol. The first-order valence-corrected chi connectivity index (χ1v) is 14.0. The summed E-state index contributed by atoms with van der Waals surface area (Å²) in [4.78, 5) is 28.4. The quantitative estimate of drug-likeness (QED) is 0.473. The van der Waals surface area contributed by atoms with Crippen LogP contribution in [0.5, 0.6) is 0 Å². The Balaban J connectivity index is 1.04. The molecule has 6 rings (SSSR count). The molecular weight excluding hydrogens is 493 g/mol. The van der Waals surface area contributed by atoms with Gasteiger partial charge in [0.1, 0.15) is 12.8 Å². The van der Waals surface area contributed by atoms with Crippen LogP contribution in [-0.2, 0) is 16.1 Å². The van der Waals surface area contributed by atoms with Crippen molar-refractivity contribution < 1.29 is 19.0 Å². The van der Waals surface area contributed by atoms with Gasteiger partial charge in [-0.25, -0.2) is 19.3 Å². The lowest BCUT2D eigenvalue weighted by Crippen LogP contribution is -2.51. The van der Waals surface area contributed by atoms with Crippen LogP contribution in [0.15, 0.2) is 30.6 Å². The maximum atomic E-state index is 13.7. The molecule has 1 aliphatic heterocycles. The second kappa shape index (κ2) is 10.7. The fourth-order valence-electron chi connectivity index (χ4n) is 5.61. The maximum absolute atomic E-state index is 13.7. The zero-order valence-electron chi connectivity index (χ0n) is 20.7. The van der Waals surface area contributed by atoms with E-state index in [0.717, 1.165) is 66.4 Å². The summed E-state index contributed by atoms with van der Waals surface area (Å²) in [5, 5.41) is 13.5. The second-order valence-corrected chi connectivity index (χ2v) is 11.5. The van der Waals surface area contributed by atoms with Crippen LogP contribution in [0, 0.1) is 5.92 Å². The average molecular weight is 526 g/mol. The van der Waals surface area contributed by atoms with Gasteiger partial charge in [0.2, 0.25) is 5.91 Å². The van der Waals surface area contributed by atoms with Gasteiger partial charge in [-0.3, -0.25) is 9.69 Å². The van der Waals surface area contributed by atoms with Gasteiger partial charge in [-0.1, -0.05) is 17.4 Å². The largest absolute Gasteiger partial charge is 0.390 e. The Morgan fingerprint density at radius 1 is 1.16 bits per heavy atom. The van der Waals surface area contributed by atoms with Crippen LogP contribution in [-0.4, -0.2) is 68.4 Å². The van der Waals surface area contributed by atoms with Gasteiger partial charge in [0.05, 0.1) is 22.4 Å². The van der Waals surface area contributed by atoms with E-state index in [9.17, 15) is 14.3 Å². The van der Waals surface area contributed by atoms with E-state index >= 15 is 0 Å². The van der Waals surface area contributed by atoms with Crippen LogP contribution in [0.2, 0.25) is 0 Å². The van der Waals surface area contributed by atoms with Crippen molar-refractivity contribution in [2.24, 2.45) is 5.92 Å². The van der Waals surface area contributed by atoms with E-state index in [4.69, 9.17) is 4.74 Å². The van der Waals surface area contributed by atoms with Crippen molar-refractivity contribution in [1.82, 2.24) is 19.9 Å². The molecule has 3 atom stereocenters. The van der Waals surface area contributed by atoms with Gasteiger partial charge < -0.3 is 15.2 Å². The molecular formula is C27H32FN5O3S. The monoisotopic (exact) mass is 525 g/mol. The number of ether oxygens (including phenoxy) is 1. The molecule has 196 valence electrons. The molecule has 0 spiro atoms. The minimum Gasteiger partial charge on any atom is -0.390 e. The van der Waals surface area contributed by atoms with E-state index < -0.39 is 12.3 Å². The third kappa shape index (κ3) is 5.52. The summed E-state index contributed by atoms with van der Waals surface area (Å²) in [5.41, 5.74) is 2.69. The Morgan fingerprint density at radius 2 is 2.00 bits per heavy atom. The van der Waals surface area contributed by atoms with Crippen molar-refractivity contribution in [1.29, 1.82) is 0 Å². The summed E-state index contributed by atoms with van der Waals surface area (Å²) in [7, 11) is 0. The molecule has 3 aliphatic rings. The van der Waals surface area contributed by atoms with E-state index in [0.29, 0.717) is 30.0 Å². The minimum absolute atomic E-state index is 0.000618. The molecule has 0 radical (unpaired) electrons. The van der Waals surface area contributed by atoms with Crippen LogP contribution in [0.4, 0.5) is 9.52 Å². The number of alkyl halides is 1. The molecule has 2 saturated carbocycles. The zero-order valence-corrected chi connectivity index (χ0v) is 21.5. The number of thiazole rings is 1. The Morgan fingerprint density at radius 3 is 2.76 bits per heavy atom. The molecule has 0 bridgehead atoms. The highest BCUT2D eigenvalue weighted by Crippen LogP contribution is 2.36. The van der Waals surface area contributed by atoms with E-state index in [1.165, 1.54) is 11.3 Å². The van der Waals surface area contributed by atoms with Crippen LogP contribution in [0.1, 0.15) is 50.8 Å². The first-order chi connectivity index (χ1) is 18.0. The number of rotatable bonds is 7. The van der Waals surface area contributed by atoms with Gasteiger partial charge in [-0.05, 0) is 69.2 Å². The van der Waals surface area contributed by atoms with Crippen molar-refractivity contribution >= 4 is 32.6 Å². The summed E-state index contributed by atoms with van der Waals surface area (Å²) in [6.07, 6.45) is 8.09. The SMILES string of the molecule is O=C(Nc1nc2ccc(-c3cnc(COC4CCC[C@@H]4O)nc3)cc2s1)C1CC(N2CCC[C@@H](F)C2)C1. The van der Waals surface area contributed by atoms with Gasteiger partial charge in [-0.2, -0.15) is 0 Å². The highest BCUT2D eigenvalue weighted by atomic mass is 32.1. The van der Waals surface area contributed by atoms with Gasteiger partial charge in [0.15, 0.2) is 11.0 Å². The number of fused-ring (bicyclic) bond motifs is 1. The smallest absolute Gasteiger partial charge is 0.229 e. The number of piperidine rings is 1. The number of benzene rings is 1. The van der Waals surface area contributed by atoms with Gasteiger partial charge in [-0.15, -0.1) is 0 Å². The number of hydrogen-bond acceptors (Lipinski definition) is 8. The Hall–Kier alpha value is -2.53. The molecule has 37 heavy (non-hydrogen) atoms. The van der Waals surface area contributed by atoms with Crippen LogP contribution >= 0.6 is 11.3 Å². The van der Waals surface area contributed by atoms with Crippen molar-refractivity contribution in [3.8, 4) is 11.1 Å². The number of aliphatic hydroxyl groups excluding tert-OH is 1. The Labute approximate surface area is 219 Å². The zero-order chi connectivity index (χ0) is 25.4. The summed E-state index contributed by atoms with van der Waals surface area (Å²) in [6.45, 7) is 1.73. The summed E-state index contributed by atoms with van der Waals surface area (Å²) in [5.74, 6) is 0.555. The number of nitrogens with one attached hydrogen (secondary N) is 1. The number of amides is 1. The lowest BCUT2D eigenvalue weighted by molar-refractivity contribution is -0.124. The first kappa shape index (κ1) is 24.8. The van der Waals surface area contributed by atoms with Gasteiger partial charge in [0, 0.05) is 36.5 Å². The molecule has 10 heteroatoms. The number of nitrogens with zero attached hydrogens (tertiary/aromatic N) is 4. The Bertz CT molecular complexity index is 1250. The molecule has 1 saturated heterocycles. The molecule has 3 heterocycles. The van der Waals surface area contributed by atoms with E-state index in [-0.39, 0.29) is 24.5 Å². The number of aromatic nitrogens is 3. The number of anilines is 1. The molecule has 3 fully saturated rings. The summed E-state index contributed by atoms with van der Waals surface area (Å²) >= 11 is 1.45. The molecule has 1 amide bonds. The molecule has 8 nitrogen and oxygen atoms in total. The van der Waals surface area contributed by atoms with Crippen LogP contribution in [0.3, 0.4) is 0 Å². The number of carbonyl (C=O) groups is 1. The van der Waals surface area contributed by atoms with Crippen LogP contribution < -0.4 is 5.32 Å². The fraction of sp³-hybridized carbons (Fsp3) is 0.556. The summed E-state index contributed by atoms with van der Waals surface area (Å²) in [6, 6.07) is 6.28. The Kier molecular flexibility index (Phi) is 7.16. The number of halogens is 1. The first-order valence-electron chi connectivity index (χ1n) is 13.2. The average Bonchev–Trinajstić information content (AvgIpc) is 3.46. The molecule has 2 aromatic heterocycles. The molecule has 1 aromatic carbocycles. The number of carbonyl (C=O) groups excluding carboxylic acids is 1. The number of aliphatic hydroxyl groups is 1. The predicted octanol–water partition coefficient (Wildman–Crippen LogP) is 4.33. The fourth-order valence-corrected chi connectivity index (χ4v) is 6.52. The van der Waals surface area contributed by atoms with Crippen molar-refractivity contribution in [2.75, 3.05) is 18.4 Å². The highest BCUT2D eigenvalue weighted by molar-refractivity contribution is 7.22. The minimum atomic E-state index is -0.732.